The number of halogens is 1. The lowest BCUT2D eigenvalue weighted by molar-refractivity contribution is -0.509. The van der Waals surface area contributed by atoms with Crippen LogP contribution in [0.25, 0.3) is 43.7 Å². The maximum Gasteiger partial charge on any atom is 0.257 e. The minimum Gasteiger partial charge on any atom is -1.00 e. The molecule has 0 spiro atoms. The highest BCUT2D eigenvalue weighted by Crippen LogP contribution is 2.39. The summed E-state index contributed by atoms with van der Waals surface area (Å²) in [6, 6.07) is 23.0. The van der Waals surface area contributed by atoms with Gasteiger partial charge in [0, 0.05) is 46.2 Å². The SMILES string of the molecule is Cc1csc(-c2c[nH]c(=O)c3cc(-c4ccccc4)c(-c4ccc(C5([NH3+])CCC5)cc4)nc23)c1.[Cl-]. The zero-order valence-corrected chi connectivity index (χ0v) is 21.0. The van der Waals surface area contributed by atoms with Crippen LogP contribution in [0.2, 0.25) is 0 Å². The van der Waals surface area contributed by atoms with E-state index in [4.69, 9.17) is 4.98 Å². The van der Waals surface area contributed by atoms with Gasteiger partial charge in [0.1, 0.15) is 5.54 Å². The van der Waals surface area contributed by atoms with Gasteiger partial charge in [-0.15, -0.1) is 11.3 Å². The Hall–Kier alpha value is -3.25. The van der Waals surface area contributed by atoms with Crippen LogP contribution in [0.1, 0.15) is 30.4 Å². The fourth-order valence-electron chi connectivity index (χ4n) is 4.87. The van der Waals surface area contributed by atoms with Gasteiger partial charge in [0.15, 0.2) is 0 Å². The standard InChI is InChI=1S/C29H25N3OS.ClH/c1-18-14-25(34-17-18)24-16-31-28(33)23-15-22(19-6-3-2-4-7-19)26(32-27(23)24)20-8-10-21(11-9-20)29(30)12-5-13-29;/h2-4,6-11,14-17H,5,12-13,30H2,1H3,(H,31,33);1H. The molecule has 0 aliphatic heterocycles. The molecule has 4 nitrogen and oxygen atoms in total. The van der Waals surface area contributed by atoms with Crippen LogP contribution in [0.3, 0.4) is 0 Å². The van der Waals surface area contributed by atoms with Crippen LogP contribution >= 0.6 is 11.3 Å². The van der Waals surface area contributed by atoms with E-state index < -0.39 is 0 Å². The summed E-state index contributed by atoms with van der Waals surface area (Å²) < 4.78 is 0. The molecule has 6 heteroatoms. The monoisotopic (exact) mass is 499 g/mol. The highest BCUT2D eigenvalue weighted by molar-refractivity contribution is 7.13. The fraction of sp³-hybridized carbons (Fsp3) is 0.172. The molecular formula is C29H26ClN3OS. The van der Waals surface area contributed by atoms with Gasteiger partial charge < -0.3 is 23.1 Å². The molecule has 176 valence electrons. The summed E-state index contributed by atoms with van der Waals surface area (Å²) in [5, 5.41) is 2.73. The van der Waals surface area contributed by atoms with E-state index in [0.29, 0.717) is 5.39 Å². The molecule has 1 aliphatic carbocycles. The predicted octanol–water partition coefficient (Wildman–Crippen LogP) is 2.92. The van der Waals surface area contributed by atoms with Gasteiger partial charge in [-0.25, -0.2) is 4.98 Å². The second-order valence-electron chi connectivity index (χ2n) is 9.38. The molecule has 6 rings (SSSR count). The number of quaternary nitrogens is 1. The lowest BCUT2D eigenvalue weighted by atomic mass is 9.72. The summed E-state index contributed by atoms with van der Waals surface area (Å²) in [6.45, 7) is 2.08. The number of aryl methyl sites for hydroxylation is 1. The second-order valence-corrected chi connectivity index (χ2v) is 10.3. The molecule has 1 aliphatic rings. The Kier molecular flexibility index (Phi) is 6.09. The van der Waals surface area contributed by atoms with E-state index in [1.54, 1.807) is 17.5 Å². The molecule has 4 N–H and O–H groups in total. The van der Waals surface area contributed by atoms with Gasteiger partial charge in [-0.2, -0.15) is 0 Å². The van der Waals surface area contributed by atoms with Crippen LogP contribution in [-0.2, 0) is 5.54 Å². The Balaban J connectivity index is 0.00000253. The van der Waals surface area contributed by atoms with Gasteiger partial charge in [0.05, 0.1) is 16.6 Å². The number of rotatable bonds is 4. The molecule has 1 fully saturated rings. The number of hydrogen-bond acceptors (Lipinski definition) is 3. The van der Waals surface area contributed by atoms with E-state index in [-0.39, 0.29) is 23.5 Å². The summed E-state index contributed by atoms with van der Waals surface area (Å²) >= 11 is 1.67. The van der Waals surface area contributed by atoms with E-state index in [2.05, 4.69) is 65.5 Å². The zero-order chi connectivity index (χ0) is 23.3. The number of pyridine rings is 2. The highest BCUT2D eigenvalue weighted by Gasteiger charge is 2.38. The van der Waals surface area contributed by atoms with E-state index in [1.807, 2.05) is 24.3 Å². The van der Waals surface area contributed by atoms with Crippen LogP contribution < -0.4 is 23.7 Å². The summed E-state index contributed by atoms with van der Waals surface area (Å²) in [4.78, 5) is 22.1. The van der Waals surface area contributed by atoms with Crippen molar-refractivity contribution < 1.29 is 18.1 Å². The normalized spacial score (nSPS) is 14.3. The molecule has 0 saturated heterocycles. The molecule has 3 aromatic heterocycles. The Morgan fingerprint density at radius 1 is 0.971 bits per heavy atom. The number of H-pyrrole nitrogens is 1. The number of aromatic amines is 1. The predicted molar refractivity (Wildman–Crippen MR) is 140 cm³/mol. The maximum atomic E-state index is 12.9. The van der Waals surface area contributed by atoms with Crippen LogP contribution in [0.4, 0.5) is 0 Å². The van der Waals surface area contributed by atoms with Crippen molar-refractivity contribution >= 4 is 22.2 Å². The largest absolute Gasteiger partial charge is 1.00 e. The highest BCUT2D eigenvalue weighted by atomic mass is 35.5. The molecule has 2 aromatic carbocycles. The van der Waals surface area contributed by atoms with Crippen molar-refractivity contribution in [3.8, 4) is 32.8 Å². The average Bonchev–Trinajstić information content (AvgIpc) is 3.29. The minimum absolute atomic E-state index is 0. The van der Waals surface area contributed by atoms with E-state index in [1.165, 1.54) is 17.5 Å². The fourth-order valence-corrected chi connectivity index (χ4v) is 5.78. The topological polar surface area (TPSA) is 73.4 Å². The van der Waals surface area contributed by atoms with E-state index in [0.717, 1.165) is 51.2 Å². The summed E-state index contributed by atoms with van der Waals surface area (Å²) in [5.41, 5.74) is 12.5. The third kappa shape index (κ3) is 4.10. The van der Waals surface area contributed by atoms with E-state index in [9.17, 15) is 4.79 Å². The first-order valence-electron chi connectivity index (χ1n) is 11.7. The zero-order valence-electron chi connectivity index (χ0n) is 19.5. The third-order valence-electron chi connectivity index (χ3n) is 7.03. The van der Waals surface area contributed by atoms with Crippen molar-refractivity contribution in [3.63, 3.8) is 0 Å². The third-order valence-corrected chi connectivity index (χ3v) is 8.11. The van der Waals surface area contributed by atoms with Gasteiger partial charge in [0.2, 0.25) is 0 Å². The molecule has 3 heterocycles. The van der Waals surface area contributed by atoms with Gasteiger partial charge in [-0.05, 0) is 42.0 Å². The first-order valence-corrected chi connectivity index (χ1v) is 12.5. The first-order chi connectivity index (χ1) is 16.5. The van der Waals surface area contributed by atoms with Gasteiger partial charge >= 0.3 is 0 Å². The molecule has 35 heavy (non-hydrogen) atoms. The number of hydrogen-bond donors (Lipinski definition) is 2. The summed E-state index contributed by atoms with van der Waals surface area (Å²) in [7, 11) is 0. The number of thiophene rings is 1. The number of nitrogens with one attached hydrogen (secondary N) is 1. The number of benzene rings is 2. The van der Waals surface area contributed by atoms with Crippen molar-refractivity contribution in [2.24, 2.45) is 0 Å². The molecule has 0 atom stereocenters. The molecule has 1 saturated carbocycles. The number of nitrogens with zero attached hydrogens (tertiary/aromatic N) is 1. The van der Waals surface area contributed by atoms with Crippen LogP contribution in [0, 0.1) is 6.92 Å². The number of fused-ring (bicyclic) bond motifs is 1. The van der Waals surface area contributed by atoms with Gasteiger partial charge in [-0.3, -0.25) is 4.79 Å². The Morgan fingerprint density at radius 2 is 1.71 bits per heavy atom. The smallest absolute Gasteiger partial charge is 0.257 e. The second kappa shape index (κ2) is 9.08. The Labute approximate surface area is 214 Å². The van der Waals surface area contributed by atoms with Gasteiger partial charge in [-0.1, -0.05) is 54.6 Å². The summed E-state index contributed by atoms with van der Waals surface area (Å²) in [5.74, 6) is 0. The van der Waals surface area contributed by atoms with Crippen molar-refractivity contribution in [1.29, 1.82) is 0 Å². The van der Waals surface area contributed by atoms with Crippen LogP contribution in [0.5, 0.6) is 0 Å². The molecule has 0 radical (unpaired) electrons. The molecule has 5 aromatic rings. The maximum absolute atomic E-state index is 12.9. The van der Waals surface area contributed by atoms with E-state index >= 15 is 0 Å². The first kappa shape index (κ1) is 23.5. The van der Waals surface area contributed by atoms with Crippen molar-refractivity contribution in [1.82, 2.24) is 9.97 Å². The van der Waals surface area contributed by atoms with Crippen molar-refractivity contribution in [2.45, 2.75) is 31.7 Å². The lowest BCUT2D eigenvalue weighted by Gasteiger charge is -2.34. The number of aromatic nitrogens is 2. The Bertz CT molecular complexity index is 1570. The van der Waals surface area contributed by atoms with Crippen LogP contribution in [-0.4, -0.2) is 9.97 Å². The molecular weight excluding hydrogens is 474 g/mol. The average molecular weight is 500 g/mol. The molecule has 0 unspecified atom stereocenters. The molecule has 0 bridgehead atoms. The van der Waals surface area contributed by atoms with Crippen molar-refractivity contribution in [2.75, 3.05) is 0 Å². The lowest BCUT2D eigenvalue weighted by Crippen LogP contribution is -3.00. The van der Waals surface area contributed by atoms with Crippen molar-refractivity contribution in [3.05, 3.63) is 99.8 Å². The minimum atomic E-state index is -0.123. The quantitative estimate of drug-likeness (QED) is 0.399. The summed E-state index contributed by atoms with van der Waals surface area (Å²) in [6.07, 6.45) is 5.32. The molecule has 0 amide bonds. The Morgan fingerprint density at radius 3 is 2.34 bits per heavy atom. The van der Waals surface area contributed by atoms with Crippen LogP contribution in [0.15, 0.2) is 83.1 Å². The van der Waals surface area contributed by atoms with Gasteiger partial charge in [0.25, 0.3) is 5.56 Å².